The van der Waals surface area contributed by atoms with Crippen LogP contribution < -0.4 is 16.2 Å². The van der Waals surface area contributed by atoms with E-state index in [0.717, 1.165) is 0 Å². The van der Waals surface area contributed by atoms with Gasteiger partial charge < -0.3 is 15.6 Å². The summed E-state index contributed by atoms with van der Waals surface area (Å²) < 4.78 is 0. The van der Waals surface area contributed by atoms with E-state index in [2.05, 4.69) is 20.6 Å². The van der Waals surface area contributed by atoms with Crippen molar-refractivity contribution in [3.8, 4) is 0 Å². The van der Waals surface area contributed by atoms with E-state index in [-0.39, 0.29) is 30.5 Å². The number of nitrogens with zero attached hydrogens (tertiary/aromatic N) is 2. The van der Waals surface area contributed by atoms with E-state index in [1.165, 1.54) is 0 Å². The quantitative estimate of drug-likeness (QED) is 0.408. The van der Waals surface area contributed by atoms with Gasteiger partial charge in [-0.2, -0.15) is 0 Å². The molecule has 1 aromatic heterocycles. The molecule has 4 rings (SSSR count). The minimum Gasteiger partial charge on any atom is -0.324 e. The number of H-pyrrole nitrogens is 1. The van der Waals surface area contributed by atoms with Crippen LogP contribution in [0.15, 0.2) is 83.7 Å². The zero-order valence-corrected chi connectivity index (χ0v) is 18.0. The number of aromatic amines is 1. The summed E-state index contributed by atoms with van der Waals surface area (Å²) >= 11 is 0. The van der Waals surface area contributed by atoms with Crippen molar-refractivity contribution in [2.75, 3.05) is 24.2 Å². The lowest BCUT2D eigenvalue weighted by molar-refractivity contribution is -0.117. The minimum atomic E-state index is -0.316. The summed E-state index contributed by atoms with van der Waals surface area (Å²) in [5.41, 5.74) is 1.83. The lowest BCUT2D eigenvalue weighted by Gasteiger charge is -2.17. The number of anilines is 2. The van der Waals surface area contributed by atoms with Gasteiger partial charge in [-0.05, 0) is 43.4 Å². The Kier molecular flexibility index (Phi) is 6.56. The Balaban J connectivity index is 1.41. The lowest BCUT2D eigenvalue weighted by atomic mass is 10.1. The van der Waals surface area contributed by atoms with Crippen LogP contribution in [0.2, 0.25) is 0 Å². The van der Waals surface area contributed by atoms with Crippen LogP contribution in [0, 0.1) is 0 Å². The molecule has 0 aliphatic rings. The van der Waals surface area contributed by atoms with Crippen molar-refractivity contribution < 1.29 is 9.59 Å². The molecule has 0 saturated carbocycles. The van der Waals surface area contributed by atoms with E-state index < -0.39 is 0 Å². The Morgan fingerprint density at radius 3 is 2.42 bits per heavy atom. The first-order valence-electron chi connectivity index (χ1n) is 10.4. The maximum Gasteiger partial charge on any atom is 0.258 e. The number of hydrogen-bond acceptors (Lipinski definition) is 5. The molecule has 166 valence electrons. The molecule has 0 radical (unpaired) electrons. The number of benzene rings is 3. The zero-order valence-electron chi connectivity index (χ0n) is 18.0. The fourth-order valence-corrected chi connectivity index (χ4v) is 3.47. The average Bonchev–Trinajstić information content (AvgIpc) is 2.80. The van der Waals surface area contributed by atoms with Gasteiger partial charge in [0.05, 0.1) is 35.2 Å². The molecule has 0 saturated heterocycles. The first-order chi connectivity index (χ1) is 16.0. The van der Waals surface area contributed by atoms with E-state index in [1.807, 2.05) is 24.3 Å². The number of carbonyl (C=O) groups is 2. The van der Waals surface area contributed by atoms with Gasteiger partial charge >= 0.3 is 0 Å². The molecular weight excluding hydrogens is 418 g/mol. The Hall–Kier alpha value is -4.30. The molecule has 33 heavy (non-hydrogen) atoms. The maximum atomic E-state index is 12.7. The van der Waals surface area contributed by atoms with Crippen LogP contribution >= 0.6 is 0 Å². The number of carbonyl (C=O) groups excluding carboxylic acids is 2. The third-order valence-electron chi connectivity index (χ3n) is 4.97. The number of aromatic nitrogens is 2. The second-order valence-electron chi connectivity index (χ2n) is 7.62. The number of hydrogen-bond donors (Lipinski definition) is 3. The lowest BCUT2D eigenvalue weighted by Crippen LogP contribution is -2.31. The summed E-state index contributed by atoms with van der Waals surface area (Å²) in [5, 5.41) is 6.14. The Labute approximate surface area is 190 Å². The van der Waals surface area contributed by atoms with Crippen molar-refractivity contribution in [3.63, 3.8) is 0 Å². The fraction of sp³-hybridized carbons (Fsp3) is 0.120. The van der Waals surface area contributed by atoms with Gasteiger partial charge in [0.2, 0.25) is 5.91 Å². The number of fused-ring (bicyclic) bond motifs is 1. The third kappa shape index (κ3) is 5.50. The summed E-state index contributed by atoms with van der Waals surface area (Å²) in [6.45, 7) is 0.328. The molecule has 0 atom stereocenters. The van der Waals surface area contributed by atoms with Crippen LogP contribution in [-0.2, 0) is 11.3 Å². The van der Waals surface area contributed by atoms with Crippen molar-refractivity contribution in [1.29, 1.82) is 0 Å². The Morgan fingerprint density at radius 2 is 1.61 bits per heavy atom. The number of amides is 2. The smallest absolute Gasteiger partial charge is 0.258 e. The monoisotopic (exact) mass is 441 g/mol. The molecule has 0 bridgehead atoms. The summed E-state index contributed by atoms with van der Waals surface area (Å²) in [4.78, 5) is 46.6. The molecule has 0 aliphatic carbocycles. The van der Waals surface area contributed by atoms with E-state index >= 15 is 0 Å². The molecule has 1 heterocycles. The fourth-order valence-electron chi connectivity index (χ4n) is 3.47. The van der Waals surface area contributed by atoms with Gasteiger partial charge in [0.1, 0.15) is 5.82 Å². The topological polar surface area (TPSA) is 107 Å². The normalized spacial score (nSPS) is 10.8. The predicted octanol–water partition coefficient (Wildman–Crippen LogP) is 3.25. The van der Waals surface area contributed by atoms with Gasteiger partial charge in [-0.15, -0.1) is 0 Å². The minimum absolute atomic E-state index is 0.0468. The Bertz CT molecular complexity index is 1350. The predicted molar refractivity (Wildman–Crippen MR) is 128 cm³/mol. The van der Waals surface area contributed by atoms with Crippen molar-refractivity contribution in [2.45, 2.75) is 6.54 Å². The van der Waals surface area contributed by atoms with Crippen LogP contribution in [0.3, 0.4) is 0 Å². The van der Waals surface area contributed by atoms with Gasteiger partial charge in [-0.1, -0.05) is 42.5 Å². The highest BCUT2D eigenvalue weighted by Gasteiger charge is 2.15. The van der Waals surface area contributed by atoms with Gasteiger partial charge in [-0.25, -0.2) is 4.98 Å². The van der Waals surface area contributed by atoms with Crippen molar-refractivity contribution in [2.24, 2.45) is 0 Å². The standard InChI is InChI=1S/C25H23N5O3/c1-30(15-22-27-20-13-7-5-11-18(20)25(33)29-22)16-23(31)28-21-14-8-6-12-19(21)24(32)26-17-9-3-2-4-10-17/h2-14H,15-16H2,1H3,(H,26,32)(H,28,31)(H,27,29,33). The molecular formula is C25H23N5O3. The van der Waals surface area contributed by atoms with E-state index in [1.54, 1.807) is 66.5 Å². The van der Waals surface area contributed by atoms with Gasteiger partial charge in [0, 0.05) is 5.69 Å². The van der Waals surface area contributed by atoms with Gasteiger partial charge in [0.25, 0.3) is 11.5 Å². The highest BCUT2D eigenvalue weighted by atomic mass is 16.2. The molecule has 0 unspecified atom stereocenters. The molecule has 0 fully saturated rings. The molecule has 0 spiro atoms. The van der Waals surface area contributed by atoms with Crippen molar-refractivity contribution in [3.05, 3.63) is 101 Å². The second-order valence-corrected chi connectivity index (χ2v) is 7.62. The average molecular weight is 441 g/mol. The Morgan fingerprint density at radius 1 is 0.909 bits per heavy atom. The second kappa shape index (κ2) is 9.88. The molecule has 4 aromatic rings. The van der Waals surface area contributed by atoms with E-state index in [4.69, 9.17) is 0 Å². The molecule has 8 nitrogen and oxygen atoms in total. The third-order valence-corrected chi connectivity index (χ3v) is 4.97. The first kappa shape index (κ1) is 21.9. The summed E-state index contributed by atoms with van der Waals surface area (Å²) in [6.07, 6.45) is 0. The number of rotatable bonds is 7. The number of nitrogens with one attached hydrogen (secondary N) is 3. The van der Waals surface area contributed by atoms with Crippen LogP contribution in [0.5, 0.6) is 0 Å². The maximum absolute atomic E-state index is 12.7. The van der Waals surface area contributed by atoms with E-state index in [0.29, 0.717) is 33.7 Å². The van der Waals surface area contributed by atoms with E-state index in [9.17, 15) is 14.4 Å². The van der Waals surface area contributed by atoms with Crippen LogP contribution in [0.1, 0.15) is 16.2 Å². The number of likely N-dealkylation sites (N-methyl/N-ethyl adjacent to an activating group) is 1. The first-order valence-corrected chi connectivity index (χ1v) is 10.4. The molecule has 3 N–H and O–H groups in total. The largest absolute Gasteiger partial charge is 0.324 e. The van der Waals surface area contributed by atoms with Crippen LogP contribution in [-0.4, -0.2) is 40.3 Å². The molecule has 8 heteroatoms. The SMILES string of the molecule is CN(CC(=O)Nc1ccccc1C(=O)Nc1ccccc1)Cc1nc2ccccc2c(=O)[nH]1. The summed E-state index contributed by atoms with van der Waals surface area (Å²) in [5.74, 6) is -0.138. The highest BCUT2D eigenvalue weighted by Crippen LogP contribution is 2.17. The van der Waals surface area contributed by atoms with Crippen LogP contribution in [0.4, 0.5) is 11.4 Å². The highest BCUT2D eigenvalue weighted by molar-refractivity contribution is 6.10. The van der Waals surface area contributed by atoms with Gasteiger partial charge in [0.15, 0.2) is 0 Å². The zero-order chi connectivity index (χ0) is 23.2. The number of para-hydroxylation sites is 3. The molecule has 2 amide bonds. The molecule has 3 aromatic carbocycles. The summed E-state index contributed by atoms with van der Waals surface area (Å²) in [6, 6.07) is 23.0. The van der Waals surface area contributed by atoms with Crippen LogP contribution in [0.25, 0.3) is 10.9 Å². The summed E-state index contributed by atoms with van der Waals surface area (Å²) in [7, 11) is 1.75. The van der Waals surface area contributed by atoms with Crippen molar-refractivity contribution in [1.82, 2.24) is 14.9 Å². The van der Waals surface area contributed by atoms with Gasteiger partial charge in [-0.3, -0.25) is 19.3 Å². The van der Waals surface area contributed by atoms with Crippen molar-refractivity contribution >= 4 is 34.1 Å². The molecule has 0 aliphatic heterocycles.